The lowest BCUT2D eigenvalue weighted by Crippen LogP contribution is -2.13. The number of aryl methyl sites for hydroxylation is 2. The topological polar surface area (TPSA) is 33.5 Å². The molecule has 1 aromatic heterocycles. The summed E-state index contributed by atoms with van der Waals surface area (Å²) in [5.41, 5.74) is 3.77. The van der Waals surface area contributed by atoms with Crippen molar-refractivity contribution in [1.82, 2.24) is 4.90 Å². The van der Waals surface area contributed by atoms with Crippen LogP contribution >= 0.6 is 0 Å². The second-order valence-electron chi connectivity index (χ2n) is 4.76. The Morgan fingerprint density at radius 2 is 1.76 bits per heavy atom. The highest BCUT2D eigenvalue weighted by atomic mass is 16.4. The van der Waals surface area contributed by atoms with Gasteiger partial charge in [0.15, 0.2) is 0 Å². The molecule has 0 atom stereocenters. The molecule has 0 saturated heterocycles. The molecule has 0 saturated carbocycles. The molecule has 0 radical (unpaired) electrons. The smallest absolute Gasteiger partial charge is 0.336 e. The molecule has 90 valence electrons. The molecule has 0 bridgehead atoms. The first-order valence-electron chi connectivity index (χ1n) is 5.66. The number of benzene rings is 1. The summed E-state index contributed by atoms with van der Waals surface area (Å²) < 4.78 is 5.25. The molecule has 0 amide bonds. The molecule has 2 rings (SSSR count). The SMILES string of the molecule is Cc1cc2oc(=O)cc(CN(C)C)c2cc1C. The molecule has 2 aromatic rings. The number of fused-ring (bicyclic) bond motifs is 1. The largest absolute Gasteiger partial charge is 0.423 e. The predicted octanol–water partition coefficient (Wildman–Crippen LogP) is 2.47. The molecule has 0 aliphatic heterocycles. The van der Waals surface area contributed by atoms with E-state index in [1.807, 2.05) is 32.0 Å². The summed E-state index contributed by atoms with van der Waals surface area (Å²) in [7, 11) is 3.98. The lowest BCUT2D eigenvalue weighted by Gasteiger charge is -2.12. The zero-order valence-corrected chi connectivity index (χ0v) is 10.7. The van der Waals surface area contributed by atoms with Crippen molar-refractivity contribution in [3.63, 3.8) is 0 Å². The second-order valence-corrected chi connectivity index (χ2v) is 4.76. The van der Waals surface area contributed by atoms with Crippen molar-refractivity contribution in [2.75, 3.05) is 14.1 Å². The van der Waals surface area contributed by atoms with Crippen molar-refractivity contribution >= 4 is 11.0 Å². The molecule has 1 heterocycles. The summed E-state index contributed by atoms with van der Waals surface area (Å²) in [5.74, 6) is 0. The third-order valence-electron chi connectivity index (χ3n) is 2.93. The lowest BCUT2D eigenvalue weighted by molar-refractivity contribution is 0.402. The van der Waals surface area contributed by atoms with Gasteiger partial charge in [-0.05, 0) is 56.8 Å². The molecule has 0 N–H and O–H groups in total. The van der Waals surface area contributed by atoms with Gasteiger partial charge in [0.05, 0.1) is 0 Å². The van der Waals surface area contributed by atoms with Crippen LogP contribution in [0.15, 0.2) is 27.4 Å². The first-order chi connectivity index (χ1) is 7.97. The molecule has 3 nitrogen and oxygen atoms in total. The van der Waals surface area contributed by atoms with Crippen LogP contribution in [0.3, 0.4) is 0 Å². The zero-order chi connectivity index (χ0) is 12.6. The van der Waals surface area contributed by atoms with Gasteiger partial charge in [-0.25, -0.2) is 4.79 Å². The average Bonchev–Trinajstić information content (AvgIpc) is 2.20. The van der Waals surface area contributed by atoms with Crippen LogP contribution < -0.4 is 5.63 Å². The van der Waals surface area contributed by atoms with Crippen molar-refractivity contribution in [2.45, 2.75) is 20.4 Å². The Labute approximate surface area is 101 Å². The van der Waals surface area contributed by atoms with Crippen molar-refractivity contribution in [1.29, 1.82) is 0 Å². The van der Waals surface area contributed by atoms with Gasteiger partial charge >= 0.3 is 5.63 Å². The van der Waals surface area contributed by atoms with Gasteiger partial charge in [0.2, 0.25) is 0 Å². The minimum absolute atomic E-state index is 0.280. The van der Waals surface area contributed by atoms with Gasteiger partial charge in [0, 0.05) is 18.0 Å². The molecular formula is C14H17NO2. The Kier molecular flexibility index (Phi) is 3.03. The van der Waals surface area contributed by atoms with Crippen LogP contribution in [0.4, 0.5) is 0 Å². The van der Waals surface area contributed by atoms with E-state index in [0.29, 0.717) is 5.58 Å². The molecule has 17 heavy (non-hydrogen) atoms. The van der Waals surface area contributed by atoms with Gasteiger partial charge in [-0.3, -0.25) is 0 Å². The summed E-state index contributed by atoms with van der Waals surface area (Å²) in [6.45, 7) is 4.83. The Morgan fingerprint density at radius 1 is 1.12 bits per heavy atom. The van der Waals surface area contributed by atoms with Gasteiger partial charge in [-0.15, -0.1) is 0 Å². The summed E-state index contributed by atoms with van der Waals surface area (Å²) in [5, 5.41) is 1.03. The summed E-state index contributed by atoms with van der Waals surface area (Å²) in [4.78, 5) is 13.5. The van der Waals surface area contributed by atoms with Crippen LogP contribution in [0.5, 0.6) is 0 Å². The third-order valence-corrected chi connectivity index (χ3v) is 2.93. The van der Waals surface area contributed by atoms with Crippen molar-refractivity contribution in [3.8, 4) is 0 Å². The maximum atomic E-state index is 11.5. The van der Waals surface area contributed by atoms with Gasteiger partial charge in [-0.2, -0.15) is 0 Å². The molecule has 1 aromatic carbocycles. The van der Waals surface area contributed by atoms with Gasteiger partial charge in [-0.1, -0.05) is 0 Å². The number of hydrogen-bond donors (Lipinski definition) is 0. The van der Waals surface area contributed by atoms with E-state index in [9.17, 15) is 4.79 Å². The van der Waals surface area contributed by atoms with Crippen LogP contribution in [0, 0.1) is 13.8 Å². The van der Waals surface area contributed by atoms with E-state index in [0.717, 1.165) is 23.1 Å². The molecule has 0 fully saturated rings. The van der Waals surface area contributed by atoms with E-state index in [2.05, 4.69) is 13.0 Å². The quantitative estimate of drug-likeness (QED) is 0.744. The Morgan fingerprint density at radius 3 is 2.41 bits per heavy atom. The van der Waals surface area contributed by atoms with E-state index in [1.165, 1.54) is 5.56 Å². The zero-order valence-electron chi connectivity index (χ0n) is 10.7. The maximum absolute atomic E-state index is 11.5. The van der Waals surface area contributed by atoms with E-state index >= 15 is 0 Å². The normalized spacial score (nSPS) is 11.4. The number of rotatable bonds is 2. The van der Waals surface area contributed by atoms with E-state index in [-0.39, 0.29) is 5.63 Å². The molecule has 0 unspecified atom stereocenters. The minimum Gasteiger partial charge on any atom is -0.423 e. The molecule has 3 heteroatoms. The van der Waals surface area contributed by atoms with Crippen LogP contribution in [0.1, 0.15) is 16.7 Å². The minimum atomic E-state index is -0.280. The second kappa shape index (κ2) is 4.34. The van der Waals surface area contributed by atoms with E-state index in [1.54, 1.807) is 6.07 Å². The molecule has 0 aliphatic carbocycles. The van der Waals surface area contributed by atoms with Crippen LogP contribution in [-0.4, -0.2) is 19.0 Å². The molecule has 0 aliphatic rings. The van der Waals surface area contributed by atoms with Gasteiger partial charge < -0.3 is 9.32 Å². The van der Waals surface area contributed by atoms with Gasteiger partial charge in [0.25, 0.3) is 0 Å². The molecule has 0 spiro atoms. The first-order valence-corrected chi connectivity index (χ1v) is 5.66. The monoisotopic (exact) mass is 231 g/mol. The fourth-order valence-corrected chi connectivity index (χ4v) is 1.95. The third kappa shape index (κ3) is 2.39. The van der Waals surface area contributed by atoms with Crippen molar-refractivity contribution in [2.24, 2.45) is 0 Å². The Balaban J connectivity index is 2.73. The van der Waals surface area contributed by atoms with Gasteiger partial charge in [0.1, 0.15) is 5.58 Å². The van der Waals surface area contributed by atoms with Crippen LogP contribution in [-0.2, 0) is 6.54 Å². The fourth-order valence-electron chi connectivity index (χ4n) is 1.95. The number of nitrogens with zero attached hydrogens (tertiary/aromatic N) is 1. The van der Waals surface area contributed by atoms with Crippen LogP contribution in [0.25, 0.3) is 11.0 Å². The highest BCUT2D eigenvalue weighted by Gasteiger charge is 2.08. The Hall–Kier alpha value is -1.61. The summed E-state index contributed by atoms with van der Waals surface area (Å²) >= 11 is 0. The molecular weight excluding hydrogens is 214 g/mol. The van der Waals surface area contributed by atoms with E-state index in [4.69, 9.17) is 4.42 Å². The standard InChI is InChI=1S/C14H17NO2/c1-9-5-12-11(8-15(3)4)7-14(16)17-13(12)6-10(9)2/h5-7H,8H2,1-4H3. The Bertz CT molecular complexity index is 611. The first kappa shape index (κ1) is 11.9. The lowest BCUT2D eigenvalue weighted by atomic mass is 10.0. The summed E-state index contributed by atoms with van der Waals surface area (Å²) in [6, 6.07) is 5.61. The van der Waals surface area contributed by atoms with Crippen molar-refractivity contribution < 1.29 is 4.42 Å². The predicted molar refractivity (Wildman–Crippen MR) is 69.3 cm³/mol. The average molecular weight is 231 g/mol. The maximum Gasteiger partial charge on any atom is 0.336 e. The number of hydrogen-bond acceptors (Lipinski definition) is 3. The fraction of sp³-hybridized carbons (Fsp3) is 0.357. The summed E-state index contributed by atoms with van der Waals surface area (Å²) in [6.07, 6.45) is 0. The highest BCUT2D eigenvalue weighted by molar-refractivity contribution is 5.81. The highest BCUT2D eigenvalue weighted by Crippen LogP contribution is 2.22. The van der Waals surface area contributed by atoms with Crippen molar-refractivity contribution in [3.05, 3.63) is 45.3 Å². The van der Waals surface area contributed by atoms with Crippen LogP contribution in [0.2, 0.25) is 0 Å². The van der Waals surface area contributed by atoms with E-state index < -0.39 is 0 Å².